The van der Waals surface area contributed by atoms with Crippen molar-refractivity contribution in [3.63, 3.8) is 0 Å². The van der Waals surface area contributed by atoms with Gasteiger partial charge < -0.3 is 9.47 Å². The van der Waals surface area contributed by atoms with Gasteiger partial charge in [0, 0.05) is 11.8 Å². The minimum Gasteiger partial charge on any atom is -0.476 e. The zero-order chi connectivity index (χ0) is 11.0. The topological polar surface area (TPSA) is 35.5 Å². The predicted molar refractivity (Wildman–Crippen MR) is 62.4 cm³/mol. The first-order valence-electron chi connectivity index (χ1n) is 4.19. The molecule has 0 aromatic carbocycles. The summed E-state index contributed by atoms with van der Waals surface area (Å²) in [5, 5.41) is 0. The normalized spacial score (nSPS) is 9.64. The molecule has 0 aromatic rings. The first kappa shape index (κ1) is 13.4. The van der Waals surface area contributed by atoms with Crippen LogP contribution >= 0.6 is 24.0 Å². The molecule has 0 bridgehead atoms. The third-order valence-corrected chi connectivity index (χ3v) is 2.20. The Bertz CT molecular complexity index is 214. The fourth-order valence-corrected chi connectivity index (χ4v) is 1.59. The molecule has 0 aromatic heterocycles. The second-order valence-corrected chi connectivity index (χ2v) is 4.33. The first-order chi connectivity index (χ1) is 6.56. The van der Waals surface area contributed by atoms with E-state index in [2.05, 4.69) is 6.58 Å². The van der Waals surface area contributed by atoms with E-state index < -0.39 is 5.97 Å². The average molecular weight is 234 g/mol. The molecular formula is C9H14O3S2. The summed E-state index contributed by atoms with van der Waals surface area (Å²) < 4.78 is 10.5. The molecule has 0 aliphatic carbocycles. The molecule has 0 heterocycles. The highest BCUT2D eigenvalue weighted by atomic mass is 32.2. The predicted octanol–water partition coefficient (Wildman–Crippen LogP) is 2.16. The highest BCUT2D eigenvalue weighted by Crippen LogP contribution is 2.07. The molecule has 80 valence electrons. The Balaban J connectivity index is 3.40. The third kappa shape index (κ3) is 8.07. The van der Waals surface area contributed by atoms with Crippen LogP contribution in [0.4, 0.5) is 0 Å². The summed E-state index contributed by atoms with van der Waals surface area (Å²) in [6.07, 6.45) is 1.22. The van der Waals surface area contributed by atoms with Gasteiger partial charge in [0.15, 0.2) is 0 Å². The number of hydrogen-bond acceptors (Lipinski definition) is 5. The van der Waals surface area contributed by atoms with E-state index in [9.17, 15) is 4.79 Å². The Kier molecular flexibility index (Phi) is 7.51. The lowest BCUT2D eigenvalue weighted by Gasteiger charge is -2.09. The molecule has 14 heavy (non-hydrogen) atoms. The molecule has 0 atom stereocenters. The molecule has 0 unspecified atom stereocenters. The maximum absolute atomic E-state index is 10.6. The quantitative estimate of drug-likeness (QED) is 0.315. The largest absolute Gasteiger partial charge is 0.476 e. The van der Waals surface area contributed by atoms with Crippen LogP contribution in [-0.4, -0.2) is 28.8 Å². The van der Waals surface area contributed by atoms with Crippen LogP contribution in [0.3, 0.4) is 0 Å². The fraction of sp³-hybridized carbons (Fsp3) is 0.556. The van der Waals surface area contributed by atoms with Crippen molar-refractivity contribution >= 4 is 34.3 Å². The van der Waals surface area contributed by atoms with Crippen molar-refractivity contribution in [2.24, 2.45) is 0 Å². The second-order valence-electron chi connectivity index (χ2n) is 2.64. The van der Waals surface area contributed by atoms with Gasteiger partial charge in [0.25, 0.3) is 0 Å². The van der Waals surface area contributed by atoms with Gasteiger partial charge in [-0.1, -0.05) is 18.3 Å². The van der Waals surface area contributed by atoms with Crippen LogP contribution < -0.4 is 0 Å². The minimum atomic E-state index is -0.415. The first-order valence-corrected chi connectivity index (χ1v) is 5.58. The Morgan fingerprint density at radius 3 is 2.79 bits per heavy atom. The van der Waals surface area contributed by atoms with E-state index in [1.54, 1.807) is 0 Å². The van der Waals surface area contributed by atoms with E-state index in [0.717, 1.165) is 6.08 Å². The van der Waals surface area contributed by atoms with E-state index in [4.69, 9.17) is 21.7 Å². The van der Waals surface area contributed by atoms with Crippen LogP contribution in [0, 0.1) is 0 Å². The highest BCUT2D eigenvalue weighted by Gasteiger charge is 2.02. The van der Waals surface area contributed by atoms with Crippen molar-refractivity contribution < 1.29 is 14.3 Å². The number of carbonyl (C=O) groups is 1. The maximum Gasteiger partial charge on any atom is 0.330 e. The van der Waals surface area contributed by atoms with Gasteiger partial charge in [-0.25, -0.2) is 4.79 Å². The molecule has 0 amide bonds. The number of thioether (sulfide) groups is 1. The number of carbonyl (C=O) groups excluding carboxylic acids is 1. The van der Waals surface area contributed by atoms with Crippen LogP contribution in [0.5, 0.6) is 0 Å². The summed E-state index contributed by atoms with van der Waals surface area (Å²) in [5.74, 6) is 0.187. The standard InChI is InChI=1S/C9H14O3S2/c1-4-8(10)11-5-6-14-9(13)12-7(2)3/h4,7H,1,5-6H2,2-3H3. The van der Waals surface area contributed by atoms with Crippen molar-refractivity contribution in [2.45, 2.75) is 20.0 Å². The van der Waals surface area contributed by atoms with Gasteiger partial charge in [0.1, 0.15) is 6.61 Å². The number of ether oxygens (including phenoxy) is 2. The van der Waals surface area contributed by atoms with Crippen LogP contribution in [-0.2, 0) is 14.3 Å². The zero-order valence-electron chi connectivity index (χ0n) is 8.32. The van der Waals surface area contributed by atoms with Crippen molar-refractivity contribution in [2.75, 3.05) is 12.4 Å². The Morgan fingerprint density at radius 1 is 1.64 bits per heavy atom. The molecule has 0 N–H and O–H groups in total. The van der Waals surface area contributed by atoms with Gasteiger partial charge in [0.05, 0.1) is 6.10 Å². The van der Waals surface area contributed by atoms with Crippen LogP contribution in [0.2, 0.25) is 0 Å². The summed E-state index contributed by atoms with van der Waals surface area (Å²) >= 11 is 6.27. The average Bonchev–Trinajstić information content (AvgIpc) is 2.10. The highest BCUT2D eigenvalue weighted by molar-refractivity contribution is 8.22. The van der Waals surface area contributed by atoms with Gasteiger partial charge in [-0.05, 0) is 26.1 Å². The molecule has 0 aliphatic rings. The Labute approximate surface area is 93.8 Å². The maximum atomic E-state index is 10.6. The summed E-state index contributed by atoms with van der Waals surface area (Å²) in [4.78, 5) is 10.6. The molecule has 0 rings (SSSR count). The number of esters is 1. The van der Waals surface area contributed by atoms with Crippen LogP contribution in [0.15, 0.2) is 12.7 Å². The van der Waals surface area contributed by atoms with E-state index >= 15 is 0 Å². The second kappa shape index (κ2) is 7.82. The molecule has 0 saturated heterocycles. The number of thiocarbonyl (C=S) groups is 1. The van der Waals surface area contributed by atoms with Crippen molar-refractivity contribution in [3.8, 4) is 0 Å². The molecule has 0 spiro atoms. The summed E-state index contributed by atoms with van der Waals surface area (Å²) in [7, 11) is 0. The monoisotopic (exact) mass is 234 g/mol. The SMILES string of the molecule is C=CC(=O)OCCSC(=S)OC(C)C. The summed E-state index contributed by atoms with van der Waals surface area (Å²) in [6, 6.07) is 0. The molecule has 5 heteroatoms. The number of rotatable bonds is 5. The van der Waals surface area contributed by atoms with Crippen molar-refractivity contribution in [3.05, 3.63) is 12.7 Å². The zero-order valence-corrected chi connectivity index (χ0v) is 9.95. The van der Waals surface area contributed by atoms with Gasteiger partial charge in [-0.2, -0.15) is 0 Å². The van der Waals surface area contributed by atoms with E-state index in [1.165, 1.54) is 11.8 Å². The lowest BCUT2D eigenvalue weighted by atomic mass is 10.5. The van der Waals surface area contributed by atoms with E-state index in [1.807, 2.05) is 13.8 Å². The molecule has 3 nitrogen and oxygen atoms in total. The Hall–Kier alpha value is -0.550. The fourth-order valence-electron chi connectivity index (χ4n) is 0.553. The van der Waals surface area contributed by atoms with Gasteiger partial charge >= 0.3 is 5.97 Å². The lowest BCUT2D eigenvalue weighted by molar-refractivity contribution is -0.137. The van der Waals surface area contributed by atoms with E-state index in [0.29, 0.717) is 16.7 Å². The smallest absolute Gasteiger partial charge is 0.330 e. The van der Waals surface area contributed by atoms with Gasteiger partial charge in [-0.3, -0.25) is 0 Å². The van der Waals surface area contributed by atoms with Gasteiger partial charge in [-0.15, -0.1) is 0 Å². The summed E-state index contributed by atoms with van der Waals surface area (Å²) in [6.45, 7) is 7.41. The number of hydrogen-bond donors (Lipinski definition) is 0. The lowest BCUT2D eigenvalue weighted by Crippen LogP contribution is -2.09. The van der Waals surface area contributed by atoms with Crippen molar-refractivity contribution in [1.29, 1.82) is 0 Å². The van der Waals surface area contributed by atoms with Crippen LogP contribution in [0.25, 0.3) is 0 Å². The third-order valence-electron chi connectivity index (χ3n) is 1.05. The molecular weight excluding hydrogens is 220 g/mol. The molecule has 0 fully saturated rings. The Morgan fingerprint density at radius 2 is 2.29 bits per heavy atom. The molecule has 0 radical (unpaired) electrons. The molecule has 0 saturated carbocycles. The summed E-state index contributed by atoms with van der Waals surface area (Å²) in [5.41, 5.74) is 0. The molecule has 0 aliphatic heterocycles. The van der Waals surface area contributed by atoms with E-state index in [-0.39, 0.29) is 6.10 Å². The minimum absolute atomic E-state index is 0.0886. The van der Waals surface area contributed by atoms with Crippen molar-refractivity contribution in [1.82, 2.24) is 0 Å². The van der Waals surface area contributed by atoms with Gasteiger partial charge in [0.2, 0.25) is 4.38 Å². The van der Waals surface area contributed by atoms with Crippen LogP contribution in [0.1, 0.15) is 13.8 Å².